The molecule has 0 aliphatic rings. The van der Waals surface area contributed by atoms with E-state index < -0.39 is 5.41 Å². The van der Waals surface area contributed by atoms with Gasteiger partial charge in [0.15, 0.2) is 0 Å². The number of amides is 1. The van der Waals surface area contributed by atoms with E-state index in [1.807, 2.05) is 26.0 Å². The van der Waals surface area contributed by atoms with Gasteiger partial charge in [-0.15, -0.1) is 0 Å². The molecular weight excluding hydrogens is 296 g/mol. The molecule has 0 saturated carbocycles. The second-order valence-corrected chi connectivity index (χ2v) is 5.37. The van der Waals surface area contributed by atoms with E-state index in [4.69, 9.17) is 10.5 Å². The summed E-state index contributed by atoms with van der Waals surface area (Å²) in [6.45, 7) is 4.13. The van der Waals surface area contributed by atoms with E-state index in [2.05, 4.69) is 21.2 Å². The summed E-state index contributed by atoms with van der Waals surface area (Å²) in [5.41, 5.74) is 5.81. The first-order valence-electron chi connectivity index (χ1n) is 5.81. The van der Waals surface area contributed by atoms with Gasteiger partial charge in [-0.2, -0.15) is 0 Å². The van der Waals surface area contributed by atoms with Crippen molar-refractivity contribution in [2.45, 2.75) is 20.3 Å². The van der Waals surface area contributed by atoms with Crippen LogP contribution in [0, 0.1) is 5.41 Å². The summed E-state index contributed by atoms with van der Waals surface area (Å²) >= 11 is 3.37. The standard InChI is InChI=1S/C13H19BrN2O2/c1-4-13(2,8-15)12(17)16-10-5-9(14)6-11(7-10)18-3/h5-7H,4,8,15H2,1-3H3,(H,16,17). The van der Waals surface area contributed by atoms with Crippen LogP contribution < -0.4 is 15.8 Å². The Balaban J connectivity index is 2.91. The number of hydrogen-bond donors (Lipinski definition) is 2. The minimum Gasteiger partial charge on any atom is -0.497 e. The average molecular weight is 315 g/mol. The fourth-order valence-corrected chi connectivity index (χ4v) is 1.90. The van der Waals surface area contributed by atoms with Gasteiger partial charge in [0.1, 0.15) is 5.75 Å². The van der Waals surface area contributed by atoms with Crippen LogP contribution in [0.5, 0.6) is 5.75 Å². The highest BCUT2D eigenvalue weighted by molar-refractivity contribution is 9.10. The summed E-state index contributed by atoms with van der Waals surface area (Å²) in [5, 5.41) is 2.87. The molecule has 100 valence electrons. The molecule has 1 rings (SSSR count). The molecular formula is C13H19BrN2O2. The van der Waals surface area contributed by atoms with E-state index in [0.29, 0.717) is 24.4 Å². The van der Waals surface area contributed by atoms with E-state index in [0.717, 1.165) is 4.47 Å². The zero-order valence-corrected chi connectivity index (χ0v) is 12.5. The molecule has 1 aromatic carbocycles. The molecule has 0 saturated heterocycles. The smallest absolute Gasteiger partial charge is 0.231 e. The molecule has 0 fully saturated rings. The van der Waals surface area contributed by atoms with Crippen LogP contribution in [0.3, 0.4) is 0 Å². The van der Waals surface area contributed by atoms with E-state index in [9.17, 15) is 4.79 Å². The zero-order chi connectivity index (χ0) is 13.8. The van der Waals surface area contributed by atoms with Gasteiger partial charge in [0.2, 0.25) is 5.91 Å². The van der Waals surface area contributed by atoms with Crippen molar-refractivity contribution < 1.29 is 9.53 Å². The van der Waals surface area contributed by atoms with Crippen LogP contribution in [0.4, 0.5) is 5.69 Å². The topological polar surface area (TPSA) is 64.4 Å². The molecule has 5 heteroatoms. The summed E-state index contributed by atoms with van der Waals surface area (Å²) < 4.78 is 6.00. The minimum atomic E-state index is -0.546. The quantitative estimate of drug-likeness (QED) is 0.878. The summed E-state index contributed by atoms with van der Waals surface area (Å²) in [4.78, 5) is 12.2. The van der Waals surface area contributed by atoms with Crippen LogP contribution in [-0.2, 0) is 4.79 Å². The maximum Gasteiger partial charge on any atom is 0.231 e. The van der Waals surface area contributed by atoms with Crippen molar-refractivity contribution in [1.29, 1.82) is 0 Å². The molecule has 1 aromatic rings. The lowest BCUT2D eigenvalue weighted by molar-refractivity contribution is -0.124. The summed E-state index contributed by atoms with van der Waals surface area (Å²) in [6.07, 6.45) is 0.695. The zero-order valence-electron chi connectivity index (χ0n) is 10.9. The summed E-state index contributed by atoms with van der Waals surface area (Å²) in [6, 6.07) is 5.43. The van der Waals surface area contributed by atoms with E-state index >= 15 is 0 Å². The Morgan fingerprint density at radius 2 is 2.17 bits per heavy atom. The Kier molecular flexibility index (Phi) is 5.16. The lowest BCUT2D eigenvalue weighted by Crippen LogP contribution is -2.39. The molecule has 4 nitrogen and oxygen atoms in total. The van der Waals surface area contributed by atoms with Crippen molar-refractivity contribution in [2.24, 2.45) is 11.1 Å². The second-order valence-electron chi connectivity index (χ2n) is 4.45. The Labute approximate surface area is 116 Å². The van der Waals surface area contributed by atoms with Crippen LogP contribution in [-0.4, -0.2) is 19.6 Å². The van der Waals surface area contributed by atoms with Crippen LogP contribution in [0.1, 0.15) is 20.3 Å². The third kappa shape index (κ3) is 3.46. The van der Waals surface area contributed by atoms with E-state index in [-0.39, 0.29) is 5.91 Å². The van der Waals surface area contributed by atoms with Gasteiger partial charge < -0.3 is 15.8 Å². The van der Waals surface area contributed by atoms with Crippen molar-refractivity contribution in [1.82, 2.24) is 0 Å². The number of nitrogens with one attached hydrogen (secondary N) is 1. The maximum atomic E-state index is 12.2. The molecule has 0 radical (unpaired) electrons. The number of rotatable bonds is 5. The highest BCUT2D eigenvalue weighted by Gasteiger charge is 2.29. The highest BCUT2D eigenvalue weighted by Crippen LogP contribution is 2.27. The van der Waals surface area contributed by atoms with Gasteiger partial charge in [0, 0.05) is 22.8 Å². The predicted octanol–water partition coefficient (Wildman–Crippen LogP) is 2.77. The SMILES string of the molecule is CCC(C)(CN)C(=O)Nc1cc(Br)cc(OC)c1. The van der Waals surface area contributed by atoms with Gasteiger partial charge >= 0.3 is 0 Å². The highest BCUT2D eigenvalue weighted by atomic mass is 79.9. The first-order chi connectivity index (χ1) is 8.45. The van der Waals surface area contributed by atoms with Crippen molar-refractivity contribution in [2.75, 3.05) is 19.0 Å². The number of carbonyl (C=O) groups is 1. The van der Waals surface area contributed by atoms with Gasteiger partial charge in [0.25, 0.3) is 0 Å². The van der Waals surface area contributed by atoms with Crippen molar-refractivity contribution in [3.8, 4) is 5.75 Å². The fourth-order valence-electron chi connectivity index (χ4n) is 1.43. The average Bonchev–Trinajstić information content (AvgIpc) is 2.36. The van der Waals surface area contributed by atoms with Gasteiger partial charge in [-0.3, -0.25) is 4.79 Å². The molecule has 1 unspecified atom stereocenters. The number of methoxy groups -OCH3 is 1. The Bertz CT molecular complexity index is 431. The van der Waals surface area contributed by atoms with Crippen LogP contribution >= 0.6 is 15.9 Å². The van der Waals surface area contributed by atoms with Gasteiger partial charge in [-0.25, -0.2) is 0 Å². The summed E-state index contributed by atoms with van der Waals surface area (Å²) in [5.74, 6) is 0.610. The molecule has 0 bridgehead atoms. The number of nitrogens with two attached hydrogens (primary N) is 1. The van der Waals surface area contributed by atoms with E-state index in [1.165, 1.54) is 0 Å². The molecule has 0 aliphatic carbocycles. The van der Waals surface area contributed by atoms with Crippen molar-refractivity contribution in [3.63, 3.8) is 0 Å². The molecule has 0 spiro atoms. The molecule has 1 atom stereocenters. The molecule has 0 aromatic heterocycles. The van der Waals surface area contributed by atoms with Crippen molar-refractivity contribution >= 4 is 27.5 Å². The van der Waals surface area contributed by atoms with Gasteiger partial charge in [-0.05, 0) is 25.5 Å². The normalized spacial score (nSPS) is 13.8. The molecule has 3 N–H and O–H groups in total. The first kappa shape index (κ1) is 15.0. The number of ether oxygens (including phenoxy) is 1. The Morgan fingerprint density at radius 3 is 2.67 bits per heavy atom. The molecule has 18 heavy (non-hydrogen) atoms. The number of hydrogen-bond acceptors (Lipinski definition) is 3. The first-order valence-corrected chi connectivity index (χ1v) is 6.60. The Morgan fingerprint density at radius 1 is 1.50 bits per heavy atom. The lowest BCUT2D eigenvalue weighted by Gasteiger charge is -2.25. The summed E-state index contributed by atoms with van der Waals surface area (Å²) in [7, 11) is 1.59. The van der Waals surface area contributed by atoms with Crippen LogP contribution in [0.15, 0.2) is 22.7 Å². The van der Waals surface area contributed by atoms with Gasteiger partial charge in [0.05, 0.1) is 12.5 Å². The van der Waals surface area contributed by atoms with E-state index in [1.54, 1.807) is 13.2 Å². The minimum absolute atomic E-state index is 0.0762. The number of halogens is 1. The van der Waals surface area contributed by atoms with Crippen LogP contribution in [0.25, 0.3) is 0 Å². The third-order valence-corrected chi connectivity index (χ3v) is 3.60. The van der Waals surface area contributed by atoms with Crippen LogP contribution in [0.2, 0.25) is 0 Å². The molecule has 1 amide bonds. The Hall–Kier alpha value is -1.07. The molecule has 0 heterocycles. The van der Waals surface area contributed by atoms with Gasteiger partial charge in [-0.1, -0.05) is 22.9 Å². The monoisotopic (exact) mass is 314 g/mol. The molecule has 0 aliphatic heterocycles. The van der Waals surface area contributed by atoms with Crippen molar-refractivity contribution in [3.05, 3.63) is 22.7 Å². The largest absolute Gasteiger partial charge is 0.497 e. The fraction of sp³-hybridized carbons (Fsp3) is 0.462. The number of benzene rings is 1. The maximum absolute atomic E-state index is 12.2. The predicted molar refractivity (Wildman–Crippen MR) is 76.8 cm³/mol. The second kappa shape index (κ2) is 6.20. The third-order valence-electron chi connectivity index (χ3n) is 3.14. The number of carbonyl (C=O) groups excluding carboxylic acids is 1. The number of anilines is 1. The lowest BCUT2D eigenvalue weighted by atomic mass is 9.86.